The van der Waals surface area contributed by atoms with Crippen molar-refractivity contribution >= 4 is 45.9 Å². The predicted octanol–water partition coefficient (Wildman–Crippen LogP) is 5.05. The minimum atomic E-state index is 0.158. The van der Waals surface area contributed by atoms with Gasteiger partial charge in [0, 0.05) is 15.4 Å². The lowest BCUT2D eigenvalue weighted by Crippen LogP contribution is -1.95. The fourth-order valence-electron chi connectivity index (χ4n) is 2.18. The number of hydrogen-bond donors (Lipinski definition) is 0. The molecule has 4 aromatic rings. The number of hydrogen-bond acceptors (Lipinski definition) is 7. The highest BCUT2D eigenvalue weighted by molar-refractivity contribution is 7.99. The van der Waals surface area contributed by atoms with Crippen molar-refractivity contribution in [3.8, 4) is 5.75 Å². The first-order valence-electron chi connectivity index (χ1n) is 7.46. The summed E-state index contributed by atoms with van der Waals surface area (Å²) >= 11 is 13.2. The number of nitrogens with zero attached hydrogens (tertiary/aromatic N) is 4. The zero-order valence-electron chi connectivity index (χ0n) is 13.1. The molecule has 2 heterocycles. The van der Waals surface area contributed by atoms with Crippen LogP contribution in [-0.4, -0.2) is 20.2 Å². The summed E-state index contributed by atoms with van der Waals surface area (Å²) in [6.07, 6.45) is 1.49. The van der Waals surface area contributed by atoms with Gasteiger partial charge in [-0.15, -0.1) is 10.2 Å². The third-order valence-corrected chi connectivity index (χ3v) is 4.71. The van der Waals surface area contributed by atoms with Crippen molar-refractivity contribution in [1.82, 2.24) is 20.2 Å². The van der Waals surface area contributed by atoms with E-state index in [2.05, 4.69) is 20.2 Å². The second-order valence-corrected chi connectivity index (χ2v) is 6.96. The molecule has 0 aliphatic carbocycles. The van der Waals surface area contributed by atoms with Gasteiger partial charge in [0.1, 0.15) is 17.1 Å². The van der Waals surface area contributed by atoms with Gasteiger partial charge >= 0.3 is 0 Å². The maximum absolute atomic E-state index is 6.07. The molecule has 2 aromatic carbocycles. The van der Waals surface area contributed by atoms with Crippen LogP contribution in [0, 0.1) is 0 Å². The zero-order chi connectivity index (χ0) is 17.9. The van der Waals surface area contributed by atoms with Crippen LogP contribution in [-0.2, 0) is 6.61 Å². The normalized spacial score (nSPS) is 11.0. The van der Waals surface area contributed by atoms with Crippen LogP contribution in [0.2, 0.25) is 10.0 Å². The molecule has 130 valence electrons. The van der Waals surface area contributed by atoms with Gasteiger partial charge in [0.05, 0.1) is 5.52 Å². The summed E-state index contributed by atoms with van der Waals surface area (Å²) in [6.45, 7) is 0.158. The lowest BCUT2D eigenvalue weighted by Gasteiger charge is -2.03. The molecular formula is C17H10Cl2N4O2S. The van der Waals surface area contributed by atoms with Crippen LogP contribution in [0.4, 0.5) is 0 Å². The Morgan fingerprint density at radius 1 is 0.962 bits per heavy atom. The third-order valence-electron chi connectivity index (χ3n) is 3.37. The quantitative estimate of drug-likeness (QED) is 0.430. The van der Waals surface area contributed by atoms with Gasteiger partial charge in [-0.3, -0.25) is 0 Å². The van der Waals surface area contributed by atoms with Crippen LogP contribution >= 0.6 is 35.0 Å². The third kappa shape index (κ3) is 3.90. The van der Waals surface area contributed by atoms with Gasteiger partial charge < -0.3 is 9.15 Å². The number of halogens is 2. The Balaban J connectivity index is 1.48. The van der Waals surface area contributed by atoms with Gasteiger partial charge in [0.2, 0.25) is 0 Å². The Kier molecular flexibility index (Phi) is 4.92. The van der Waals surface area contributed by atoms with Gasteiger partial charge in [-0.1, -0.05) is 23.2 Å². The first-order chi connectivity index (χ1) is 12.7. The highest BCUT2D eigenvalue weighted by Crippen LogP contribution is 2.31. The molecule has 0 atom stereocenters. The van der Waals surface area contributed by atoms with Gasteiger partial charge in [0.25, 0.3) is 11.1 Å². The predicted molar refractivity (Wildman–Crippen MR) is 98.8 cm³/mol. The molecule has 0 unspecified atom stereocenters. The van der Waals surface area contributed by atoms with Gasteiger partial charge in [-0.25, -0.2) is 9.97 Å². The molecule has 4 rings (SSSR count). The molecule has 2 aromatic heterocycles. The summed E-state index contributed by atoms with van der Waals surface area (Å²) in [6, 6.07) is 12.5. The minimum absolute atomic E-state index is 0.158. The van der Waals surface area contributed by atoms with Crippen molar-refractivity contribution < 1.29 is 9.15 Å². The number of benzene rings is 2. The maximum Gasteiger partial charge on any atom is 0.283 e. The molecule has 0 bridgehead atoms. The van der Waals surface area contributed by atoms with E-state index in [0.29, 0.717) is 31.9 Å². The van der Waals surface area contributed by atoms with Crippen LogP contribution in [0.15, 0.2) is 63.5 Å². The molecule has 0 N–H and O–H groups in total. The summed E-state index contributed by atoms with van der Waals surface area (Å²) in [5, 5.41) is 11.1. The monoisotopic (exact) mass is 404 g/mol. The number of aromatic nitrogens is 4. The maximum atomic E-state index is 6.07. The molecular weight excluding hydrogens is 395 g/mol. The standard InChI is InChI=1S/C17H10Cl2N4O2S/c18-10-1-4-12(5-2-10)24-8-15-22-23-17(25-15)26-16-13-7-11(19)3-6-14(13)20-9-21-16/h1-7,9H,8H2. The fourth-order valence-corrected chi connectivity index (χ4v) is 3.24. The highest BCUT2D eigenvalue weighted by Gasteiger charge is 2.12. The van der Waals surface area contributed by atoms with Crippen molar-refractivity contribution in [2.45, 2.75) is 16.9 Å². The number of rotatable bonds is 5. The van der Waals surface area contributed by atoms with E-state index in [4.69, 9.17) is 32.4 Å². The minimum Gasteiger partial charge on any atom is -0.484 e. The molecule has 26 heavy (non-hydrogen) atoms. The second kappa shape index (κ2) is 7.49. The van der Waals surface area contributed by atoms with Gasteiger partial charge in [0.15, 0.2) is 6.61 Å². The fraction of sp³-hybridized carbons (Fsp3) is 0.0588. The van der Waals surface area contributed by atoms with Crippen molar-refractivity contribution in [3.05, 3.63) is 64.7 Å². The Hall–Kier alpha value is -2.35. The molecule has 0 aliphatic rings. The largest absolute Gasteiger partial charge is 0.484 e. The van der Waals surface area contributed by atoms with Crippen molar-refractivity contribution in [3.63, 3.8) is 0 Å². The topological polar surface area (TPSA) is 73.9 Å². The Labute approximate surface area is 162 Å². The SMILES string of the molecule is Clc1ccc(OCc2nnc(Sc3ncnc4ccc(Cl)cc34)o2)cc1. The Morgan fingerprint density at radius 3 is 2.62 bits per heavy atom. The van der Waals surface area contributed by atoms with Crippen LogP contribution in [0.1, 0.15) is 5.89 Å². The molecule has 0 saturated carbocycles. The summed E-state index contributed by atoms with van der Waals surface area (Å²) in [5.41, 5.74) is 0.790. The Morgan fingerprint density at radius 2 is 1.77 bits per heavy atom. The molecule has 0 radical (unpaired) electrons. The van der Waals surface area contributed by atoms with E-state index in [0.717, 1.165) is 10.9 Å². The highest BCUT2D eigenvalue weighted by atomic mass is 35.5. The molecule has 9 heteroatoms. The van der Waals surface area contributed by atoms with Gasteiger partial charge in [-0.05, 0) is 54.2 Å². The van der Waals surface area contributed by atoms with E-state index < -0.39 is 0 Å². The van der Waals surface area contributed by atoms with Crippen LogP contribution in [0.3, 0.4) is 0 Å². The van der Waals surface area contributed by atoms with E-state index in [1.54, 1.807) is 36.4 Å². The number of fused-ring (bicyclic) bond motifs is 1. The van der Waals surface area contributed by atoms with Crippen molar-refractivity contribution in [2.24, 2.45) is 0 Å². The molecule has 0 aliphatic heterocycles. The van der Waals surface area contributed by atoms with E-state index in [9.17, 15) is 0 Å². The van der Waals surface area contributed by atoms with Gasteiger partial charge in [-0.2, -0.15) is 0 Å². The van der Waals surface area contributed by atoms with Crippen LogP contribution in [0.25, 0.3) is 10.9 Å². The molecule has 6 nitrogen and oxygen atoms in total. The summed E-state index contributed by atoms with van der Waals surface area (Å²) in [7, 11) is 0. The van der Waals surface area contributed by atoms with E-state index in [-0.39, 0.29) is 6.61 Å². The second-order valence-electron chi connectivity index (χ2n) is 5.15. The molecule has 0 saturated heterocycles. The zero-order valence-corrected chi connectivity index (χ0v) is 15.4. The summed E-state index contributed by atoms with van der Waals surface area (Å²) in [4.78, 5) is 8.50. The van der Waals surface area contributed by atoms with Crippen molar-refractivity contribution in [1.29, 1.82) is 0 Å². The molecule has 0 amide bonds. The average molecular weight is 405 g/mol. The van der Waals surface area contributed by atoms with E-state index in [1.165, 1.54) is 18.1 Å². The van der Waals surface area contributed by atoms with Crippen molar-refractivity contribution in [2.75, 3.05) is 0 Å². The van der Waals surface area contributed by atoms with E-state index in [1.807, 2.05) is 6.07 Å². The van der Waals surface area contributed by atoms with E-state index >= 15 is 0 Å². The number of ether oxygens (including phenoxy) is 1. The molecule has 0 spiro atoms. The first-order valence-corrected chi connectivity index (χ1v) is 9.03. The summed E-state index contributed by atoms with van der Waals surface area (Å²) in [5.74, 6) is 1.03. The van der Waals surface area contributed by atoms with Crippen LogP contribution < -0.4 is 4.74 Å². The lowest BCUT2D eigenvalue weighted by atomic mass is 10.2. The molecule has 0 fully saturated rings. The smallest absolute Gasteiger partial charge is 0.283 e. The lowest BCUT2D eigenvalue weighted by molar-refractivity contribution is 0.252. The van der Waals surface area contributed by atoms with Crippen LogP contribution in [0.5, 0.6) is 5.75 Å². The Bertz CT molecular complexity index is 1060. The first kappa shape index (κ1) is 17.1. The summed E-state index contributed by atoms with van der Waals surface area (Å²) < 4.78 is 11.2. The average Bonchev–Trinajstić information content (AvgIpc) is 3.09.